The van der Waals surface area contributed by atoms with Gasteiger partial charge in [0.25, 0.3) is 0 Å². The Labute approximate surface area is 151 Å². The summed E-state index contributed by atoms with van der Waals surface area (Å²) < 4.78 is 17.7. The van der Waals surface area contributed by atoms with Crippen molar-refractivity contribution in [1.82, 2.24) is 19.7 Å². The predicted molar refractivity (Wildman–Crippen MR) is 98.7 cm³/mol. The lowest BCUT2D eigenvalue weighted by Gasteiger charge is -2.12. The van der Waals surface area contributed by atoms with Crippen LogP contribution in [0, 0.1) is 0 Å². The van der Waals surface area contributed by atoms with Gasteiger partial charge in [-0.3, -0.25) is 4.68 Å². The van der Waals surface area contributed by atoms with E-state index in [2.05, 4.69) is 20.4 Å². The zero-order valence-corrected chi connectivity index (χ0v) is 15.0. The van der Waals surface area contributed by atoms with Crippen molar-refractivity contribution in [2.45, 2.75) is 6.54 Å². The zero-order valence-electron chi connectivity index (χ0n) is 15.0. The summed E-state index contributed by atoms with van der Waals surface area (Å²) >= 11 is 0. The summed E-state index contributed by atoms with van der Waals surface area (Å²) in [6.45, 7) is 1.60. The van der Waals surface area contributed by atoms with Crippen LogP contribution < -0.4 is 20.5 Å². The first kappa shape index (κ1) is 17.7. The van der Waals surface area contributed by atoms with Crippen LogP contribution in [0.2, 0.25) is 0 Å². The number of nitrogens with one attached hydrogen (secondary N) is 1. The summed E-state index contributed by atoms with van der Waals surface area (Å²) in [6.07, 6.45) is 1.82. The average molecular weight is 358 g/mol. The number of aromatic nitrogens is 4. The number of nitrogen functional groups attached to an aromatic ring is 1. The minimum atomic E-state index is 0.187. The van der Waals surface area contributed by atoms with Gasteiger partial charge in [0.2, 0.25) is 5.95 Å². The van der Waals surface area contributed by atoms with Crippen molar-refractivity contribution in [1.29, 1.82) is 0 Å². The fourth-order valence-electron chi connectivity index (χ4n) is 2.70. The molecular formula is C17H22N6O3. The third-order valence-electron chi connectivity index (χ3n) is 3.88. The number of nitrogens with two attached hydrogens (primary N) is 1. The molecule has 0 bridgehead atoms. The second kappa shape index (κ2) is 7.87. The van der Waals surface area contributed by atoms with Crippen LogP contribution in [0.5, 0.6) is 11.5 Å². The third-order valence-corrected chi connectivity index (χ3v) is 3.88. The van der Waals surface area contributed by atoms with E-state index < -0.39 is 0 Å². The van der Waals surface area contributed by atoms with E-state index in [1.54, 1.807) is 26.0 Å². The molecule has 1 aromatic carbocycles. The van der Waals surface area contributed by atoms with Gasteiger partial charge in [0.15, 0.2) is 11.3 Å². The molecular weight excluding hydrogens is 336 g/mol. The van der Waals surface area contributed by atoms with E-state index in [1.807, 2.05) is 24.4 Å². The highest BCUT2D eigenvalue weighted by molar-refractivity contribution is 5.85. The first-order valence-electron chi connectivity index (χ1n) is 8.09. The number of anilines is 2. The fourth-order valence-corrected chi connectivity index (χ4v) is 2.70. The van der Waals surface area contributed by atoms with Gasteiger partial charge in [-0.25, -0.2) is 4.98 Å². The van der Waals surface area contributed by atoms with Crippen molar-refractivity contribution in [3.8, 4) is 11.5 Å². The van der Waals surface area contributed by atoms with Gasteiger partial charge >= 0.3 is 0 Å². The number of fused-ring (bicyclic) bond motifs is 1. The molecule has 0 aliphatic rings. The molecule has 26 heavy (non-hydrogen) atoms. The molecule has 2 aromatic heterocycles. The average Bonchev–Trinajstić information content (AvgIpc) is 3.04. The molecule has 9 heteroatoms. The molecule has 9 nitrogen and oxygen atoms in total. The first-order valence-corrected chi connectivity index (χ1v) is 8.09. The van der Waals surface area contributed by atoms with E-state index in [-0.39, 0.29) is 5.95 Å². The quantitative estimate of drug-likeness (QED) is 0.584. The molecule has 0 spiro atoms. The number of hydrogen-bond donors (Lipinski definition) is 2. The molecule has 0 fully saturated rings. The van der Waals surface area contributed by atoms with E-state index in [4.69, 9.17) is 19.9 Å². The summed E-state index contributed by atoms with van der Waals surface area (Å²) in [4.78, 5) is 8.50. The highest BCUT2D eigenvalue weighted by Crippen LogP contribution is 2.29. The maximum absolute atomic E-state index is 5.81. The molecule has 3 aromatic rings. The Morgan fingerprint density at radius 3 is 2.50 bits per heavy atom. The van der Waals surface area contributed by atoms with Gasteiger partial charge in [0.05, 0.1) is 39.1 Å². The van der Waals surface area contributed by atoms with Gasteiger partial charge in [0.1, 0.15) is 17.0 Å². The van der Waals surface area contributed by atoms with E-state index in [1.165, 1.54) is 0 Å². The Morgan fingerprint density at radius 2 is 1.85 bits per heavy atom. The van der Waals surface area contributed by atoms with Crippen LogP contribution in [0.4, 0.5) is 11.8 Å². The lowest BCUT2D eigenvalue weighted by atomic mass is 10.1. The summed E-state index contributed by atoms with van der Waals surface area (Å²) in [6, 6.07) is 5.65. The fraction of sp³-hybridized carbons (Fsp3) is 0.353. The molecule has 2 heterocycles. The molecule has 3 N–H and O–H groups in total. The van der Waals surface area contributed by atoms with Gasteiger partial charge < -0.3 is 25.3 Å². The molecule has 0 saturated carbocycles. The van der Waals surface area contributed by atoms with Gasteiger partial charge in [-0.15, -0.1) is 0 Å². The summed E-state index contributed by atoms with van der Waals surface area (Å²) in [5.74, 6) is 2.23. The van der Waals surface area contributed by atoms with Crippen LogP contribution >= 0.6 is 0 Å². The van der Waals surface area contributed by atoms with Crippen molar-refractivity contribution in [3.63, 3.8) is 0 Å². The van der Waals surface area contributed by atoms with E-state index in [9.17, 15) is 0 Å². The van der Waals surface area contributed by atoms with E-state index >= 15 is 0 Å². The Morgan fingerprint density at radius 1 is 1.12 bits per heavy atom. The predicted octanol–water partition coefficient (Wildman–Crippen LogP) is 1.53. The Kier molecular flexibility index (Phi) is 5.37. The lowest BCUT2D eigenvalue weighted by molar-refractivity contribution is 0.210. The molecule has 3 rings (SSSR count). The van der Waals surface area contributed by atoms with E-state index in [0.717, 1.165) is 17.1 Å². The van der Waals surface area contributed by atoms with Crippen molar-refractivity contribution < 1.29 is 14.2 Å². The smallest absolute Gasteiger partial charge is 0.222 e. The van der Waals surface area contributed by atoms with Crippen molar-refractivity contribution >= 4 is 22.8 Å². The van der Waals surface area contributed by atoms with Crippen molar-refractivity contribution in [2.24, 2.45) is 0 Å². The first-order chi connectivity index (χ1) is 12.7. The molecule has 0 atom stereocenters. The Hall–Kier alpha value is -3.07. The maximum Gasteiger partial charge on any atom is 0.222 e. The second-order valence-corrected chi connectivity index (χ2v) is 5.55. The Bertz CT molecular complexity index is 873. The number of hydrogen-bond acceptors (Lipinski definition) is 8. The standard InChI is InChI=1S/C17H22N6O3/c1-24-8-7-19-16-15-12(20-17(18)21-16)10-23(22-15)9-11-13(25-2)5-4-6-14(11)26-3/h4-6,10H,7-9H2,1-3H3,(H3,18,19,20,21). The molecule has 0 aliphatic heterocycles. The van der Waals surface area contributed by atoms with Gasteiger partial charge in [-0.2, -0.15) is 10.1 Å². The van der Waals surface area contributed by atoms with Crippen LogP contribution in [0.1, 0.15) is 5.56 Å². The minimum Gasteiger partial charge on any atom is -0.496 e. The second-order valence-electron chi connectivity index (χ2n) is 5.55. The third kappa shape index (κ3) is 3.62. The van der Waals surface area contributed by atoms with Gasteiger partial charge in [-0.05, 0) is 12.1 Å². The SMILES string of the molecule is COCCNc1nc(N)nc2cn(Cc3c(OC)cccc3OC)nc12. The highest BCUT2D eigenvalue weighted by atomic mass is 16.5. The summed E-state index contributed by atoms with van der Waals surface area (Å²) in [7, 11) is 4.89. The maximum atomic E-state index is 5.81. The highest BCUT2D eigenvalue weighted by Gasteiger charge is 2.14. The summed E-state index contributed by atoms with van der Waals surface area (Å²) in [5.41, 5.74) is 8.00. The number of rotatable bonds is 8. The number of ether oxygens (including phenoxy) is 3. The van der Waals surface area contributed by atoms with E-state index in [0.29, 0.717) is 36.5 Å². The van der Waals surface area contributed by atoms with Crippen LogP contribution in [-0.4, -0.2) is 54.2 Å². The number of nitrogens with zero attached hydrogens (tertiary/aromatic N) is 4. The largest absolute Gasteiger partial charge is 0.496 e. The zero-order chi connectivity index (χ0) is 18.5. The van der Waals surface area contributed by atoms with Crippen LogP contribution in [0.25, 0.3) is 11.0 Å². The van der Waals surface area contributed by atoms with Gasteiger partial charge in [0, 0.05) is 13.7 Å². The Balaban J connectivity index is 1.96. The molecule has 0 radical (unpaired) electrons. The van der Waals surface area contributed by atoms with Crippen molar-refractivity contribution in [2.75, 3.05) is 45.5 Å². The lowest BCUT2D eigenvalue weighted by Crippen LogP contribution is -2.10. The molecule has 0 saturated heterocycles. The molecule has 0 aliphatic carbocycles. The van der Waals surface area contributed by atoms with Crippen LogP contribution in [0.3, 0.4) is 0 Å². The topological polar surface area (TPSA) is 109 Å². The summed E-state index contributed by atoms with van der Waals surface area (Å²) in [5, 5.41) is 7.77. The molecule has 0 amide bonds. The minimum absolute atomic E-state index is 0.187. The van der Waals surface area contributed by atoms with Crippen LogP contribution in [0.15, 0.2) is 24.4 Å². The normalized spacial score (nSPS) is 10.9. The van der Waals surface area contributed by atoms with Crippen molar-refractivity contribution in [3.05, 3.63) is 30.0 Å². The molecule has 138 valence electrons. The van der Waals surface area contributed by atoms with Gasteiger partial charge in [-0.1, -0.05) is 6.07 Å². The monoisotopic (exact) mass is 358 g/mol. The number of methoxy groups -OCH3 is 3. The van der Waals surface area contributed by atoms with Crippen LogP contribution in [-0.2, 0) is 11.3 Å². The molecule has 0 unspecified atom stereocenters. The number of benzene rings is 1.